The summed E-state index contributed by atoms with van der Waals surface area (Å²) in [5, 5.41) is 0. The van der Waals surface area contributed by atoms with E-state index in [4.69, 9.17) is 5.73 Å². The Labute approximate surface area is 107 Å². The summed E-state index contributed by atoms with van der Waals surface area (Å²) in [6.45, 7) is 3.26. The van der Waals surface area contributed by atoms with Crippen molar-refractivity contribution in [3.63, 3.8) is 0 Å². The predicted octanol–water partition coefficient (Wildman–Crippen LogP) is 2.55. The fraction of sp³-hybridized carbons (Fsp3) is 0.571. The van der Waals surface area contributed by atoms with Gasteiger partial charge in [-0.3, -0.25) is 4.90 Å². The Bertz CT molecular complexity index is 402. The molecule has 0 amide bonds. The van der Waals surface area contributed by atoms with Crippen molar-refractivity contribution in [1.29, 1.82) is 0 Å². The predicted molar refractivity (Wildman–Crippen MR) is 68.1 cm³/mol. The molecule has 2 N–H and O–H groups in total. The van der Waals surface area contributed by atoms with Gasteiger partial charge in [-0.2, -0.15) is 0 Å². The van der Waals surface area contributed by atoms with Crippen LogP contribution in [0.5, 0.6) is 0 Å². The molecule has 2 nitrogen and oxygen atoms in total. The van der Waals surface area contributed by atoms with Gasteiger partial charge in [0.05, 0.1) is 6.04 Å². The molecule has 100 valence electrons. The number of rotatable bonds is 5. The van der Waals surface area contributed by atoms with Crippen molar-refractivity contribution in [1.82, 2.24) is 4.90 Å². The number of benzene rings is 1. The van der Waals surface area contributed by atoms with Gasteiger partial charge in [0.2, 0.25) is 0 Å². The quantitative estimate of drug-likeness (QED) is 0.875. The molecule has 0 saturated heterocycles. The summed E-state index contributed by atoms with van der Waals surface area (Å²) in [6, 6.07) is 3.56. The molecule has 0 aliphatic heterocycles. The molecular formula is C14H20F2N2. The Morgan fingerprint density at radius 3 is 2.39 bits per heavy atom. The van der Waals surface area contributed by atoms with E-state index in [0.717, 1.165) is 12.5 Å². The molecule has 0 bridgehead atoms. The highest BCUT2D eigenvalue weighted by Crippen LogP contribution is 2.39. The van der Waals surface area contributed by atoms with Gasteiger partial charge < -0.3 is 5.73 Å². The van der Waals surface area contributed by atoms with E-state index in [1.54, 1.807) is 0 Å². The van der Waals surface area contributed by atoms with Gasteiger partial charge >= 0.3 is 0 Å². The second kappa shape index (κ2) is 5.33. The molecule has 3 unspecified atom stereocenters. The maximum atomic E-state index is 13.8. The van der Waals surface area contributed by atoms with E-state index in [1.807, 2.05) is 11.9 Å². The van der Waals surface area contributed by atoms with Gasteiger partial charge in [-0.25, -0.2) is 8.78 Å². The molecule has 18 heavy (non-hydrogen) atoms. The van der Waals surface area contributed by atoms with E-state index >= 15 is 0 Å². The average Bonchev–Trinajstić information content (AvgIpc) is 2.99. The van der Waals surface area contributed by atoms with Crippen molar-refractivity contribution in [2.75, 3.05) is 20.1 Å². The highest BCUT2D eigenvalue weighted by molar-refractivity contribution is 5.23. The van der Waals surface area contributed by atoms with Gasteiger partial charge in [0.25, 0.3) is 0 Å². The first kappa shape index (κ1) is 13.4. The van der Waals surface area contributed by atoms with Crippen LogP contribution >= 0.6 is 0 Å². The van der Waals surface area contributed by atoms with Crippen molar-refractivity contribution >= 4 is 0 Å². The number of nitrogens with two attached hydrogens (primary N) is 1. The Balaban J connectivity index is 2.16. The Morgan fingerprint density at radius 1 is 1.39 bits per heavy atom. The van der Waals surface area contributed by atoms with E-state index < -0.39 is 11.6 Å². The number of nitrogens with zero attached hydrogens (tertiary/aromatic N) is 1. The molecule has 0 radical (unpaired) electrons. The second-order valence-corrected chi connectivity index (χ2v) is 5.30. The van der Waals surface area contributed by atoms with E-state index in [2.05, 4.69) is 6.92 Å². The SMILES string of the molecule is CC1CC1CN(C)C(CN)c1c(F)cccc1F. The highest BCUT2D eigenvalue weighted by Gasteiger charge is 2.35. The van der Waals surface area contributed by atoms with Gasteiger partial charge in [-0.05, 0) is 37.4 Å². The minimum atomic E-state index is -0.513. The van der Waals surface area contributed by atoms with Crippen LogP contribution in [0.2, 0.25) is 0 Å². The topological polar surface area (TPSA) is 29.3 Å². The molecule has 3 atom stereocenters. The molecule has 1 fully saturated rings. The van der Waals surface area contributed by atoms with Crippen LogP contribution < -0.4 is 5.73 Å². The molecule has 1 aromatic carbocycles. The van der Waals surface area contributed by atoms with Gasteiger partial charge in [0.1, 0.15) is 11.6 Å². The van der Waals surface area contributed by atoms with Crippen molar-refractivity contribution in [2.45, 2.75) is 19.4 Å². The third-order valence-electron chi connectivity index (χ3n) is 3.89. The van der Waals surface area contributed by atoms with Gasteiger partial charge in [-0.15, -0.1) is 0 Å². The zero-order valence-electron chi connectivity index (χ0n) is 10.9. The van der Waals surface area contributed by atoms with Crippen molar-refractivity contribution in [2.24, 2.45) is 17.6 Å². The summed E-state index contributed by atoms with van der Waals surface area (Å²) in [5.41, 5.74) is 5.79. The van der Waals surface area contributed by atoms with Crippen LogP contribution in [0.25, 0.3) is 0 Å². The van der Waals surface area contributed by atoms with Crippen molar-refractivity contribution in [3.8, 4) is 0 Å². The molecule has 2 rings (SSSR count). The molecule has 1 aromatic rings. The first-order chi connectivity index (χ1) is 8.54. The number of likely N-dealkylation sites (N-methyl/N-ethyl adjacent to an activating group) is 1. The molecule has 1 saturated carbocycles. The Hall–Kier alpha value is -1.00. The van der Waals surface area contributed by atoms with Crippen LogP contribution in [0, 0.1) is 23.5 Å². The molecule has 0 heterocycles. The smallest absolute Gasteiger partial charge is 0.130 e. The van der Waals surface area contributed by atoms with E-state index in [1.165, 1.54) is 24.6 Å². The second-order valence-electron chi connectivity index (χ2n) is 5.30. The summed E-state index contributed by atoms with van der Waals surface area (Å²) in [5.74, 6) is 0.331. The van der Waals surface area contributed by atoms with Crippen LogP contribution in [0.15, 0.2) is 18.2 Å². The zero-order chi connectivity index (χ0) is 13.3. The third kappa shape index (κ3) is 2.70. The van der Waals surface area contributed by atoms with E-state index in [9.17, 15) is 8.78 Å². The average molecular weight is 254 g/mol. The fourth-order valence-corrected chi connectivity index (χ4v) is 2.50. The molecule has 0 spiro atoms. The minimum Gasteiger partial charge on any atom is -0.329 e. The van der Waals surface area contributed by atoms with E-state index in [0.29, 0.717) is 5.92 Å². The Kier molecular flexibility index (Phi) is 3.97. The van der Waals surface area contributed by atoms with Gasteiger partial charge in [0, 0.05) is 18.7 Å². The number of hydrogen-bond donors (Lipinski definition) is 1. The number of hydrogen-bond acceptors (Lipinski definition) is 2. The van der Waals surface area contributed by atoms with Gasteiger partial charge in [0.15, 0.2) is 0 Å². The molecule has 1 aliphatic rings. The highest BCUT2D eigenvalue weighted by atomic mass is 19.1. The van der Waals surface area contributed by atoms with Crippen molar-refractivity contribution < 1.29 is 8.78 Å². The molecule has 4 heteroatoms. The maximum absolute atomic E-state index is 13.8. The van der Waals surface area contributed by atoms with Crippen LogP contribution in [0.4, 0.5) is 8.78 Å². The van der Waals surface area contributed by atoms with Crippen LogP contribution in [0.3, 0.4) is 0 Å². The standard InChI is InChI=1S/C14H20F2N2/c1-9-6-10(9)8-18(2)13(7-17)14-11(15)4-3-5-12(14)16/h3-5,9-10,13H,6-8,17H2,1-2H3. The monoisotopic (exact) mass is 254 g/mol. The molecule has 1 aliphatic carbocycles. The van der Waals surface area contributed by atoms with Crippen LogP contribution in [-0.4, -0.2) is 25.0 Å². The fourth-order valence-electron chi connectivity index (χ4n) is 2.50. The first-order valence-corrected chi connectivity index (χ1v) is 6.38. The lowest BCUT2D eigenvalue weighted by molar-refractivity contribution is 0.227. The summed E-state index contributed by atoms with van der Waals surface area (Å²) in [7, 11) is 1.88. The lowest BCUT2D eigenvalue weighted by Crippen LogP contribution is -2.33. The van der Waals surface area contributed by atoms with Crippen LogP contribution in [-0.2, 0) is 0 Å². The van der Waals surface area contributed by atoms with E-state index in [-0.39, 0.29) is 18.2 Å². The maximum Gasteiger partial charge on any atom is 0.130 e. The first-order valence-electron chi connectivity index (χ1n) is 6.38. The lowest BCUT2D eigenvalue weighted by Gasteiger charge is -2.28. The van der Waals surface area contributed by atoms with Crippen molar-refractivity contribution in [3.05, 3.63) is 35.4 Å². The number of halogens is 2. The molecular weight excluding hydrogens is 234 g/mol. The lowest BCUT2D eigenvalue weighted by atomic mass is 10.0. The van der Waals surface area contributed by atoms with Gasteiger partial charge in [-0.1, -0.05) is 13.0 Å². The third-order valence-corrected chi connectivity index (χ3v) is 3.89. The van der Waals surface area contributed by atoms with Crippen LogP contribution in [0.1, 0.15) is 24.9 Å². The summed E-state index contributed by atoms with van der Waals surface area (Å²) < 4.78 is 27.5. The minimum absolute atomic E-state index is 0.0933. The summed E-state index contributed by atoms with van der Waals surface area (Å²) in [6.07, 6.45) is 1.20. The summed E-state index contributed by atoms with van der Waals surface area (Å²) in [4.78, 5) is 1.97. The summed E-state index contributed by atoms with van der Waals surface area (Å²) >= 11 is 0. The zero-order valence-corrected chi connectivity index (χ0v) is 10.9. The normalized spacial score (nSPS) is 24.3. The Morgan fingerprint density at radius 2 is 1.94 bits per heavy atom. The molecule has 0 aromatic heterocycles. The largest absolute Gasteiger partial charge is 0.329 e.